The Balaban J connectivity index is 1.50. The second-order valence-electron chi connectivity index (χ2n) is 5.81. The lowest BCUT2D eigenvalue weighted by atomic mass is 10.2. The summed E-state index contributed by atoms with van der Waals surface area (Å²) in [6.45, 7) is -3.15. The van der Waals surface area contributed by atoms with Crippen molar-refractivity contribution in [3.63, 3.8) is 0 Å². The molecule has 0 unspecified atom stereocenters. The van der Waals surface area contributed by atoms with Gasteiger partial charge < -0.3 is 24.3 Å². The minimum atomic E-state index is -3.13. The molecule has 0 fully saturated rings. The Bertz CT molecular complexity index is 952. The van der Waals surface area contributed by atoms with Gasteiger partial charge in [-0.05, 0) is 24.3 Å². The SMILES string of the molecule is O=C(COC(=O)c1ccccc1OC(F)F)NC(=O)Nc1ccc2c(c1)OCCO2. The summed E-state index contributed by atoms with van der Waals surface area (Å²) in [7, 11) is 0. The van der Waals surface area contributed by atoms with Gasteiger partial charge in [-0.15, -0.1) is 0 Å². The van der Waals surface area contributed by atoms with Crippen LogP contribution in [0.15, 0.2) is 42.5 Å². The van der Waals surface area contributed by atoms with Crippen molar-refractivity contribution in [2.24, 2.45) is 0 Å². The van der Waals surface area contributed by atoms with Gasteiger partial charge >= 0.3 is 18.6 Å². The van der Waals surface area contributed by atoms with E-state index in [4.69, 9.17) is 14.2 Å². The van der Waals surface area contributed by atoms with Gasteiger partial charge in [0.1, 0.15) is 24.5 Å². The summed E-state index contributed by atoms with van der Waals surface area (Å²) in [5, 5.41) is 4.40. The zero-order valence-electron chi connectivity index (χ0n) is 15.4. The molecule has 11 heteroatoms. The molecule has 2 aromatic carbocycles. The fraction of sp³-hybridized carbons (Fsp3) is 0.211. The van der Waals surface area contributed by atoms with E-state index < -0.39 is 36.9 Å². The van der Waals surface area contributed by atoms with E-state index in [0.29, 0.717) is 30.4 Å². The van der Waals surface area contributed by atoms with Gasteiger partial charge in [-0.25, -0.2) is 9.59 Å². The van der Waals surface area contributed by atoms with E-state index >= 15 is 0 Å². The molecule has 2 N–H and O–H groups in total. The number of esters is 1. The number of fused-ring (bicyclic) bond motifs is 1. The van der Waals surface area contributed by atoms with Gasteiger partial charge in [-0.3, -0.25) is 10.1 Å². The molecule has 1 aliphatic heterocycles. The predicted octanol–water partition coefficient (Wildman–Crippen LogP) is 2.56. The second kappa shape index (κ2) is 9.54. The number of carbonyl (C=O) groups excluding carboxylic acids is 3. The Morgan fingerprint density at radius 1 is 1.03 bits per heavy atom. The van der Waals surface area contributed by atoms with Crippen LogP contribution in [0.1, 0.15) is 10.4 Å². The Labute approximate surface area is 168 Å². The van der Waals surface area contributed by atoms with Crippen molar-refractivity contribution in [3.8, 4) is 17.2 Å². The van der Waals surface area contributed by atoms with Crippen LogP contribution in [0.3, 0.4) is 0 Å². The Kier molecular flexibility index (Phi) is 6.63. The summed E-state index contributed by atoms with van der Waals surface area (Å²) in [4.78, 5) is 35.8. The van der Waals surface area contributed by atoms with Crippen molar-refractivity contribution < 1.29 is 42.1 Å². The number of hydrogen-bond acceptors (Lipinski definition) is 7. The van der Waals surface area contributed by atoms with Crippen LogP contribution in [0.25, 0.3) is 0 Å². The summed E-state index contributed by atoms with van der Waals surface area (Å²) < 4.78 is 44.5. The fourth-order valence-electron chi connectivity index (χ4n) is 2.49. The second-order valence-corrected chi connectivity index (χ2v) is 5.81. The predicted molar refractivity (Wildman–Crippen MR) is 97.9 cm³/mol. The number of ether oxygens (including phenoxy) is 4. The molecule has 0 saturated carbocycles. The molecule has 3 amide bonds. The Morgan fingerprint density at radius 2 is 1.77 bits per heavy atom. The highest BCUT2D eigenvalue weighted by Crippen LogP contribution is 2.32. The number of carbonyl (C=O) groups is 3. The maximum Gasteiger partial charge on any atom is 0.387 e. The monoisotopic (exact) mass is 422 g/mol. The lowest BCUT2D eigenvalue weighted by Gasteiger charge is -2.19. The van der Waals surface area contributed by atoms with Gasteiger partial charge in [-0.2, -0.15) is 8.78 Å². The summed E-state index contributed by atoms with van der Waals surface area (Å²) in [6.07, 6.45) is 0. The van der Waals surface area contributed by atoms with Gasteiger partial charge in [0.15, 0.2) is 18.1 Å². The first-order valence-corrected chi connectivity index (χ1v) is 8.64. The first-order valence-electron chi connectivity index (χ1n) is 8.64. The summed E-state index contributed by atoms with van der Waals surface area (Å²) in [5.74, 6) is -1.40. The highest BCUT2D eigenvalue weighted by molar-refractivity contribution is 6.02. The topological polar surface area (TPSA) is 112 Å². The van der Waals surface area contributed by atoms with E-state index in [2.05, 4.69) is 10.1 Å². The Hall–Kier alpha value is -3.89. The van der Waals surface area contributed by atoms with Crippen LogP contribution in [0, 0.1) is 0 Å². The lowest BCUT2D eigenvalue weighted by Crippen LogP contribution is -2.37. The standard InChI is InChI=1S/C19H16F2N2O7/c20-18(21)30-13-4-2-1-3-12(13)17(25)29-10-16(24)23-19(26)22-11-5-6-14-15(9-11)28-8-7-27-14/h1-6,9,18H,7-8,10H2,(H2,22,23,24,26). The number of hydrogen-bond donors (Lipinski definition) is 2. The van der Waals surface area contributed by atoms with E-state index in [1.54, 1.807) is 12.1 Å². The number of halogens is 2. The van der Waals surface area contributed by atoms with Gasteiger partial charge in [-0.1, -0.05) is 12.1 Å². The number of rotatable bonds is 6. The lowest BCUT2D eigenvalue weighted by molar-refractivity contribution is -0.123. The minimum absolute atomic E-state index is 0.286. The molecule has 0 spiro atoms. The van der Waals surface area contributed by atoms with Gasteiger partial charge in [0, 0.05) is 11.8 Å². The van der Waals surface area contributed by atoms with Crippen LogP contribution >= 0.6 is 0 Å². The van der Waals surface area contributed by atoms with E-state index in [1.165, 1.54) is 24.3 Å². The van der Waals surface area contributed by atoms with Crippen LogP contribution < -0.4 is 24.8 Å². The van der Waals surface area contributed by atoms with Crippen LogP contribution in [0.5, 0.6) is 17.2 Å². The van der Waals surface area contributed by atoms with E-state index in [-0.39, 0.29) is 5.56 Å². The summed E-state index contributed by atoms with van der Waals surface area (Å²) in [6, 6.07) is 8.98. The minimum Gasteiger partial charge on any atom is -0.486 e. The molecule has 9 nitrogen and oxygen atoms in total. The number of amides is 3. The third-order valence-corrected chi connectivity index (χ3v) is 3.71. The van der Waals surface area contributed by atoms with Crippen molar-refractivity contribution in [2.45, 2.75) is 6.61 Å². The molecular formula is C19H16F2N2O7. The zero-order valence-corrected chi connectivity index (χ0v) is 15.4. The number of imide groups is 1. The molecule has 0 bridgehead atoms. The van der Waals surface area contributed by atoms with E-state index in [0.717, 1.165) is 6.07 Å². The normalized spacial score (nSPS) is 12.1. The average molecular weight is 422 g/mol. The van der Waals surface area contributed by atoms with Crippen LogP contribution in [-0.2, 0) is 9.53 Å². The molecule has 0 aromatic heterocycles. The van der Waals surface area contributed by atoms with Crippen molar-refractivity contribution in [3.05, 3.63) is 48.0 Å². The summed E-state index contributed by atoms with van der Waals surface area (Å²) in [5.41, 5.74) is 0.0611. The molecule has 3 rings (SSSR count). The highest BCUT2D eigenvalue weighted by atomic mass is 19.3. The van der Waals surface area contributed by atoms with Crippen LogP contribution in [-0.4, -0.2) is 44.3 Å². The van der Waals surface area contributed by atoms with Crippen LogP contribution in [0.2, 0.25) is 0 Å². The number of alkyl halides is 2. The van der Waals surface area contributed by atoms with Crippen LogP contribution in [0.4, 0.5) is 19.3 Å². The van der Waals surface area contributed by atoms with Gasteiger partial charge in [0.2, 0.25) is 0 Å². The zero-order chi connectivity index (χ0) is 21.5. The average Bonchev–Trinajstić information content (AvgIpc) is 2.72. The number of anilines is 1. The third-order valence-electron chi connectivity index (χ3n) is 3.71. The van der Waals surface area contributed by atoms with Gasteiger partial charge in [0.25, 0.3) is 5.91 Å². The first-order chi connectivity index (χ1) is 14.4. The molecule has 0 saturated heterocycles. The smallest absolute Gasteiger partial charge is 0.387 e. The molecule has 0 aliphatic carbocycles. The summed E-state index contributed by atoms with van der Waals surface area (Å²) >= 11 is 0. The number of urea groups is 1. The molecule has 158 valence electrons. The molecular weight excluding hydrogens is 406 g/mol. The molecule has 0 atom stereocenters. The largest absolute Gasteiger partial charge is 0.486 e. The van der Waals surface area contributed by atoms with Crippen molar-refractivity contribution in [1.82, 2.24) is 5.32 Å². The molecule has 1 aliphatic rings. The first kappa shape index (κ1) is 20.8. The van der Waals surface area contributed by atoms with Gasteiger partial charge in [0.05, 0.1) is 0 Å². The molecule has 30 heavy (non-hydrogen) atoms. The van der Waals surface area contributed by atoms with Crippen molar-refractivity contribution in [1.29, 1.82) is 0 Å². The molecule has 0 radical (unpaired) electrons. The highest BCUT2D eigenvalue weighted by Gasteiger charge is 2.19. The maximum atomic E-state index is 12.4. The van der Waals surface area contributed by atoms with E-state index in [1.807, 2.05) is 5.32 Å². The molecule has 1 heterocycles. The van der Waals surface area contributed by atoms with E-state index in [9.17, 15) is 23.2 Å². The fourth-order valence-corrected chi connectivity index (χ4v) is 2.49. The Morgan fingerprint density at radius 3 is 2.53 bits per heavy atom. The van der Waals surface area contributed by atoms with Crippen molar-refractivity contribution >= 4 is 23.6 Å². The molecule has 2 aromatic rings. The maximum absolute atomic E-state index is 12.4. The number of nitrogens with one attached hydrogen (secondary N) is 2. The number of para-hydroxylation sites is 1. The number of benzene rings is 2. The third kappa shape index (κ3) is 5.56. The quantitative estimate of drug-likeness (QED) is 0.688. The van der Waals surface area contributed by atoms with Crippen molar-refractivity contribution in [2.75, 3.05) is 25.1 Å².